The van der Waals surface area contributed by atoms with E-state index in [2.05, 4.69) is 26.3 Å². The first-order valence-electron chi connectivity index (χ1n) is 6.62. The van der Waals surface area contributed by atoms with Crippen LogP contribution in [0.5, 0.6) is 0 Å². The topological polar surface area (TPSA) is 73.2 Å². The molecule has 1 aromatic heterocycles. The van der Waals surface area contributed by atoms with Crippen LogP contribution < -0.4 is 5.32 Å². The van der Waals surface area contributed by atoms with Crippen LogP contribution in [0.25, 0.3) is 0 Å². The number of anilines is 1. The summed E-state index contributed by atoms with van der Waals surface area (Å²) in [5, 5.41) is 6.92. The van der Waals surface area contributed by atoms with Gasteiger partial charge in [-0.05, 0) is 41.9 Å². The molecule has 0 radical (unpaired) electrons. The number of carbonyl (C=O) groups is 2. The smallest absolute Gasteiger partial charge is 0.339 e. The summed E-state index contributed by atoms with van der Waals surface area (Å²) in [4.78, 5) is 23.8. The molecule has 0 aliphatic heterocycles. The van der Waals surface area contributed by atoms with E-state index in [-0.39, 0.29) is 6.61 Å². The molecular weight excluding hydrogens is 350 g/mol. The lowest BCUT2D eigenvalue weighted by molar-refractivity contribution is -0.119. The summed E-state index contributed by atoms with van der Waals surface area (Å²) in [6, 6.07) is 6.88. The number of carbonyl (C=O) groups excluding carboxylic acids is 2. The Morgan fingerprint density at radius 3 is 2.59 bits per heavy atom. The molecule has 116 valence electrons. The number of ether oxygens (including phenoxy) is 1. The SMILES string of the molecule is Cc1nn(C)c(C)c1NC(=O)COC(=O)c1ccccc1Br. The molecule has 0 bridgehead atoms. The van der Waals surface area contributed by atoms with E-state index in [1.807, 2.05) is 6.92 Å². The number of hydrogen-bond donors (Lipinski definition) is 1. The fourth-order valence-corrected chi connectivity index (χ4v) is 2.41. The van der Waals surface area contributed by atoms with Crippen molar-refractivity contribution < 1.29 is 14.3 Å². The number of aromatic nitrogens is 2. The fourth-order valence-electron chi connectivity index (χ4n) is 1.97. The molecule has 1 aromatic carbocycles. The van der Waals surface area contributed by atoms with Crippen LogP contribution in [0.3, 0.4) is 0 Å². The van der Waals surface area contributed by atoms with Crippen LogP contribution in [0.2, 0.25) is 0 Å². The van der Waals surface area contributed by atoms with E-state index in [0.29, 0.717) is 21.4 Å². The van der Waals surface area contributed by atoms with Gasteiger partial charge in [-0.3, -0.25) is 9.48 Å². The zero-order chi connectivity index (χ0) is 16.3. The number of amides is 1. The zero-order valence-electron chi connectivity index (χ0n) is 12.5. The Morgan fingerprint density at radius 1 is 1.32 bits per heavy atom. The normalized spacial score (nSPS) is 10.4. The van der Waals surface area contributed by atoms with E-state index in [1.165, 1.54) is 0 Å². The molecule has 1 amide bonds. The van der Waals surface area contributed by atoms with Gasteiger partial charge in [-0.15, -0.1) is 0 Å². The lowest BCUT2D eigenvalue weighted by Gasteiger charge is -2.08. The highest BCUT2D eigenvalue weighted by Gasteiger charge is 2.15. The highest BCUT2D eigenvalue weighted by Crippen LogP contribution is 2.19. The van der Waals surface area contributed by atoms with Gasteiger partial charge in [-0.25, -0.2) is 4.79 Å². The summed E-state index contributed by atoms with van der Waals surface area (Å²) in [7, 11) is 1.80. The van der Waals surface area contributed by atoms with Gasteiger partial charge in [0.1, 0.15) is 0 Å². The van der Waals surface area contributed by atoms with E-state index in [0.717, 1.165) is 5.69 Å². The Balaban J connectivity index is 1.96. The van der Waals surface area contributed by atoms with Gasteiger partial charge in [0, 0.05) is 11.5 Å². The maximum Gasteiger partial charge on any atom is 0.339 e. The molecule has 0 spiro atoms. The number of hydrogen-bond acceptors (Lipinski definition) is 4. The average molecular weight is 366 g/mol. The molecule has 0 saturated heterocycles. The molecular formula is C15H16BrN3O3. The molecule has 0 unspecified atom stereocenters. The van der Waals surface area contributed by atoms with Crippen molar-refractivity contribution in [3.63, 3.8) is 0 Å². The van der Waals surface area contributed by atoms with E-state index in [1.54, 1.807) is 42.9 Å². The number of nitrogens with one attached hydrogen (secondary N) is 1. The average Bonchev–Trinajstić information content (AvgIpc) is 2.72. The summed E-state index contributed by atoms with van der Waals surface area (Å²) < 4.78 is 7.32. The van der Waals surface area contributed by atoms with Crippen LogP contribution in [0.4, 0.5) is 5.69 Å². The Kier molecular flexibility index (Phi) is 4.97. The lowest BCUT2D eigenvalue weighted by atomic mass is 10.2. The molecule has 0 aliphatic carbocycles. The minimum atomic E-state index is -0.553. The van der Waals surface area contributed by atoms with Gasteiger partial charge >= 0.3 is 5.97 Å². The van der Waals surface area contributed by atoms with Gasteiger partial charge in [-0.2, -0.15) is 5.10 Å². The van der Waals surface area contributed by atoms with Crippen molar-refractivity contribution in [1.29, 1.82) is 0 Å². The van der Waals surface area contributed by atoms with Crippen LogP contribution in [-0.2, 0) is 16.6 Å². The molecule has 2 rings (SSSR count). The second-order valence-electron chi connectivity index (χ2n) is 4.77. The minimum absolute atomic E-state index is 0.353. The zero-order valence-corrected chi connectivity index (χ0v) is 14.1. The van der Waals surface area contributed by atoms with E-state index in [9.17, 15) is 9.59 Å². The Labute approximate surface area is 136 Å². The third-order valence-corrected chi connectivity index (χ3v) is 3.89. The highest BCUT2D eigenvalue weighted by molar-refractivity contribution is 9.10. The number of esters is 1. The molecule has 22 heavy (non-hydrogen) atoms. The predicted octanol–water partition coefficient (Wildman–Crippen LogP) is 2.59. The van der Waals surface area contributed by atoms with Crippen LogP contribution in [-0.4, -0.2) is 28.3 Å². The largest absolute Gasteiger partial charge is 0.452 e. The Morgan fingerprint density at radius 2 is 2.00 bits per heavy atom. The molecule has 7 heteroatoms. The van der Waals surface area contributed by atoms with Crippen molar-refractivity contribution in [2.75, 3.05) is 11.9 Å². The van der Waals surface area contributed by atoms with E-state index >= 15 is 0 Å². The second-order valence-corrected chi connectivity index (χ2v) is 5.63. The van der Waals surface area contributed by atoms with E-state index in [4.69, 9.17) is 4.74 Å². The molecule has 6 nitrogen and oxygen atoms in total. The molecule has 1 N–H and O–H groups in total. The maximum atomic E-state index is 11.9. The predicted molar refractivity (Wildman–Crippen MR) is 85.7 cm³/mol. The molecule has 2 aromatic rings. The molecule has 0 saturated carbocycles. The van der Waals surface area contributed by atoms with Gasteiger partial charge in [0.05, 0.1) is 22.6 Å². The van der Waals surface area contributed by atoms with Crippen LogP contribution >= 0.6 is 15.9 Å². The second kappa shape index (κ2) is 6.74. The first-order chi connectivity index (χ1) is 10.4. The molecule has 1 heterocycles. The van der Waals surface area contributed by atoms with Crippen LogP contribution in [0.15, 0.2) is 28.7 Å². The summed E-state index contributed by atoms with van der Waals surface area (Å²) in [6.45, 7) is 3.30. The van der Waals surface area contributed by atoms with Crippen molar-refractivity contribution in [1.82, 2.24) is 9.78 Å². The van der Waals surface area contributed by atoms with Crippen molar-refractivity contribution >= 4 is 33.5 Å². The lowest BCUT2D eigenvalue weighted by Crippen LogP contribution is -2.21. The Hall–Kier alpha value is -2.15. The van der Waals surface area contributed by atoms with Gasteiger partial charge in [0.15, 0.2) is 6.61 Å². The Bertz CT molecular complexity index is 725. The first kappa shape index (κ1) is 16.2. The summed E-state index contributed by atoms with van der Waals surface area (Å²) in [5.74, 6) is -0.957. The van der Waals surface area contributed by atoms with Crippen molar-refractivity contribution in [2.24, 2.45) is 7.05 Å². The standard InChI is InChI=1S/C15H16BrN3O3/c1-9-14(10(2)19(3)18-9)17-13(20)8-22-15(21)11-6-4-5-7-12(11)16/h4-7H,8H2,1-3H3,(H,17,20). The fraction of sp³-hybridized carbons (Fsp3) is 0.267. The van der Waals surface area contributed by atoms with Crippen LogP contribution in [0, 0.1) is 13.8 Å². The number of benzene rings is 1. The summed E-state index contributed by atoms with van der Waals surface area (Å²) in [6.07, 6.45) is 0. The first-order valence-corrected chi connectivity index (χ1v) is 7.41. The van der Waals surface area contributed by atoms with Gasteiger partial charge in [0.2, 0.25) is 0 Å². The summed E-state index contributed by atoms with van der Waals surface area (Å²) in [5.41, 5.74) is 2.57. The number of rotatable bonds is 4. The van der Waals surface area contributed by atoms with Crippen molar-refractivity contribution in [3.8, 4) is 0 Å². The maximum absolute atomic E-state index is 11.9. The summed E-state index contributed by atoms with van der Waals surface area (Å²) >= 11 is 3.27. The number of halogens is 1. The third kappa shape index (κ3) is 3.54. The highest BCUT2D eigenvalue weighted by atomic mass is 79.9. The van der Waals surface area contributed by atoms with Gasteiger partial charge in [0.25, 0.3) is 5.91 Å². The van der Waals surface area contributed by atoms with Gasteiger partial charge < -0.3 is 10.1 Å². The molecule has 0 aliphatic rings. The quantitative estimate of drug-likeness (QED) is 0.845. The van der Waals surface area contributed by atoms with Crippen LogP contribution in [0.1, 0.15) is 21.7 Å². The van der Waals surface area contributed by atoms with Crippen molar-refractivity contribution in [3.05, 3.63) is 45.7 Å². The third-order valence-electron chi connectivity index (χ3n) is 3.20. The molecule has 0 atom stereocenters. The van der Waals surface area contributed by atoms with Gasteiger partial charge in [-0.1, -0.05) is 12.1 Å². The van der Waals surface area contributed by atoms with E-state index < -0.39 is 11.9 Å². The minimum Gasteiger partial charge on any atom is -0.452 e. The van der Waals surface area contributed by atoms with Crippen molar-refractivity contribution in [2.45, 2.75) is 13.8 Å². The molecule has 0 fully saturated rings. The number of nitrogens with zero attached hydrogens (tertiary/aromatic N) is 2. The monoisotopic (exact) mass is 365 g/mol. The number of aryl methyl sites for hydroxylation is 2.